The SMILES string of the molecule is Nc1ccc(F)c(Oc2cc(Oc3c(F)ccc(N)c3C(F)(F)F)c(C(F)(F)F)c(F)c2F)c1C(F)(F)F. The van der Waals surface area contributed by atoms with Gasteiger partial charge in [0.2, 0.25) is 5.82 Å². The van der Waals surface area contributed by atoms with Gasteiger partial charge in [0, 0.05) is 17.4 Å². The number of nitrogen functional groups attached to an aromatic ring is 2. The second-order valence-electron chi connectivity index (χ2n) is 7.25. The normalized spacial score (nSPS) is 12.6. The van der Waals surface area contributed by atoms with Gasteiger partial charge in [0.15, 0.2) is 34.7 Å². The Morgan fingerprint density at radius 3 is 1.24 bits per heavy atom. The van der Waals surface area contributed by atoms with Crippen LogP contribution < -0.4 is 20.9 Å². The van der Waals surface area contributed by atoms with Crippen molar-refractivity contribution in [2.24, 2.45) is 0 Å². The first-order chi connectivity index (χ1) is 17.2. The summed E-state index contributed by atoms with van der Waals surface area (Å²) in [7, 11) is 0. The van der Waals surface area contributed by atoms with Crippen molar-refractivity contribution in [3.63, 3.8) is 0 Å². The number of hydrogen-bond acceptors (Lipinski definition) is 4. The number of rotatable bonds is 4. The summed E-state index contributed by atoms with van der Waals surface area (Å²) in [5.74, 6) is -17.4. The van der Waals surface area contributed by atoms with E-state index in [4.69, 9.17) is 11.5 Å². The fraction of sp³-hybridized carbons (Fsp3) is 0.143. The largest absolute Gasteiger partial charge is 0.453 e. The van der Waals surface area contributed by atoms with Crippen molar-refractivity contribution >= 4 is 11.4 Å². The molecule has 0 atom stereocenters. The summed E-state index contributed by atoms with van der Waals surface area (Å²) in [5.41, 5.74) is 0.830. The summed E-state index contributed by atoms with van der Waals surface area (Å²) in [4.78, 5) is 0. The molecule has 0 aliphatic heterocycles. The first kappa shape index (κ1) is 28.5. The van der Waals surface area contributed by atoms with Crippen molar-refractivity contribution in [3.8, 4) is 23.0 Å². The number of nitrogens with two attached hydrogens (primary N) is 2. The quantitative estimate of drug-likeness (QED) is 0.247. The lowest BCUT2D eigenvalue weighted by Crippen LogP contribution is -2.16. The van der Waals surface area contributed by atoms with Crippen LogP contribution in [0.25, 0.3) is 0 Å². The van der Waals surface area contributed by atoms with Crippen LogP contribution in [0.3, 0.4) is 0 Å². The van der Waals surface area contributed by atoms with E-state index in [-0.39, 0.29) is 18.2 Å². The summed E-state index contributed by atoms with van der Waals surface area (Å²) >= 11 is 0. The average molecular weight is 568 g/mol. The molecule has 0 bridgehead atoms. The standard InChI is InChI=1S/C21H9F13N2O2/c22-6-1-3-8(35)12(19(26,27)28)17(6)37-10-5-11(15(24)16(25)14(10)21(32,33)34)38-18-7(23)2-4-9(36)13(18)20(29,30)31/h1-5H,35-36H2. The maximum atomic E-state index is 14.5. The molecule has 0 radical (unpaired) electrons. The van der Waals surface area contributed by atoms with Gasteiger partial charge in [-0.1, -0.05) is 0 Å². The highest BCUT2D eigenvalue weighted by molar-refractivity contribution is 5.60. The molecule has 206 valence electrons. The van der Waals surface area contributed by atoms with Gasteiger partial charge in [0.1, 0.15) is 22.4 Å². The second-order valence-corrected chi connectivity index (χ2v) is 7.25. The lowest BCUT2D eigenvalue weighted by molar-refractivity contribution is -0.141. The van der Waals surface area contributed by atoms with Crippen LogP contribution in [0.5, 0.6) is 23.0 Å². The molecule has 0 fully saturated rings. The van der Waals surface area contributed by atoms with E-state index in [9.17, 15) is 57.1 Å². The van der Waals surface area contributed by atoms with Gasteiger partial charge in [0.05, 0.1) is 0 Å². The number of hydrogen-bond donors (Lipinski definition) is 2. The molecule has 0 amide bonds. The van der Waals surface area contributed by atoms with Gasteiger partial charge in [0.25, 0.3) is 0 Å². The Morgan fingerprint density at radius 2 is 0.868 bits per heavy atom. The Balaban J connectivity index is 2.32. The Bertz CT molecular complexity index is 1400. The van der Waals surface area contributed by atoms with Crippen molar-refractivity contribution in [2.45, 2.75) is 18.5 Å². The van der Waals surface area contributed by atoms with Crippen LogP contribution >= 0.6 is 0 Å². The maximum absolute atomic E-state index is 14.5. The topological polar surface area (TPSA) is 70.5 Å². The molecule has 3 rings (SSSR count). The predicted octanol–water partition coefficient (Wildman–Crippen LogP) is 8.05. The smallest absolute Gasteiger partial charge is 0.422 e. The zero-order valence-electron chi connectivity index (χ0n) is 17.8. The second kappa shape index (κ2) is 9.36. The number of alkyl halides is 9. The molecule has 0 aliphatic carbocycles. The molecular weight excluding hydrogens is 559 g/mol. The summed E-state index contributed by atoms with van der Waals surface area (Å²) in [6.45, 7) is 0. The molecule has 4 N–H and O–H groups in total. The summed E-state index contributed by atoms with van der Waals surface area (Å²) in [5, 5.41) is 0. The predicted molar refractivity (Wildman–Crippen MR) is 103 cm³/mol. The zero-order valence-corrected chi connectivity index (χ0v) is 17.8. The van der Waals surface area contributed by atoms with Crippen LogP contribution in [0.1, 0.15) is 16.7 Å². The molecule has 0 saturated heterocycles. The van der Waals surface area contributed by atoms with E-state index >= 15 is 0 Å². The lowest BCUT2D eigenvalue weighted by Gasteiger charge is -2.21. The first-order valence-corrected chi connectivity index (χ1v) is 9.50. The lowest BCUT2D eigenvalue weighted by atomic mass is 10.1. The molecule has 0 aromatic heterocycles. The van der Waals surface area contributed by atoms with Crippen LogP contribution in [0.2, 0.25) is 0 Å². The van der Waals surface area contributed by atoms with E-state index in [2.05, 4.69) is 9.47 Å². The van der Waals surface area contributed by atoms with Gasteiger partial charge in [-0.05, 0) is 24.3 Å². The van der Waals surface area contributed by atoms with E-state index in [0.29, 0.717) is 12.1 Å². The van der Waals surface area contributed by atoms with Gasteiger partial charge in [-0.2, -0.15) is 43.9 Å². The maximum Gasteiger partial charge on any atom is 0.422 e. The number of halogens is 13. The minimum absolute atomic E-state index is 0.238. The summed E-state index contributed by atoms with van der Waals surface area (Å²) in [6, 6.07) is 0.948. The third kappa shape index (κ3) is 5.31. The molecule has 0 aliphatic rings. The third-order valence-electron chi connectivity index (χ3n) is 4.70. The van der Waals surface area contributed by atoms with Gasteiger partial charge in [-0.25, -0.2) is 13.2 Å². The van der Waals surface area contributed by atoms with Crippen LogP contribution in [-0.4, -0.2) is 0 Å². The molecular formula is C21H9F13N2O2. The molecule has 3 aromatic carbocycles. The molecule has 38 heavy (non-hydrogen) atoms. The molecule has 17 heteroatoms. The third-order valence-corrected chi connectivity index (χ3v) is 4.70. The van der Waals surface area contributed by atoms with Crippen molar-refractivity contribution in [2.75, 3.05) is 11.5 Å². The van der Waals surface area contributed by atoms with Crippen LogP contribution in [0, 0.1) is 23.3 Å². The molecule has 0 spiro atoms. The van der Waals surface area contributed by atoms with Crippen molar-refractivity contribution < 1.29 is 66.5 Å². The van der Waals surface area contributed by atoms with E-state index in [1.807, 2.05) is 0 Å². The minimum atomic E-state index is -5.92. The molecule has 0 unspecified atom stereocenters. The van der Waals surface area contributed by atoms with E-state index < -0.39 is 92.9 Å². The van der Waals surface area contributed by atoms with Crippen molar-refractivity contribution in [1.82, 2.24) is 0 Å². The Labute approximate surface area is 202 Å². The highest BCUT2D eigenvalue weighted by Gasteiger charge is 2.44. The Kier molecular flexibility index (Phi) is 7.02. The number of anilines is 2. The van der Waals surface area contributed by atoms with Gasteiger partial charge in [-0.15, -0.1) is 0 Å². The highest BCUT2D eigenvalue weighted by Crippen LogP contribution is 2.49. The van der Waals surface area contributed by atoms with Gasteiger partial charge < -0.3 is 20.9 Å². The monoisotopic (exact) mass is 568 g/mol. The Morgan fingerprint density at radius 1 is 0.500 bits per heavy atom. The molecule has 3 aromatic rings. The van der Waals surface area contributed by atoms with Crippen molar-refractivity contribution in [3.05, 3.63) is 70.3 Å². The van der Waals surface area contributed by atoms with Gasteiger partial charge in [-0.3, -0.25) is 0 Å². The summed E-state index contributed by atoms with van der Waals surface area (Å²) < 4.78 is 187. The summed E-state index contributed by atoms with van der Waals surface area (Å²) in [6.07, 6.45) is -17.0. The number of benzene rings is 3. The van der Waals surface area contributed by atoms with Crippen LogP contribution in [-0.2, 0) is 18.5 Å². The first-order valence-electron chi connectivity index (χ1n) is 9.50. The van der Waals surface area contributed by atoms with E-state index in [0.717, 1.165) is 0 Å². The fourth-order valence-corrected chi connectivity index (χ4v) is 3.15. The molecule has 0 saturated carbocycles. The van der Waals surface area contributed by atoms with Crippen molar-refractivity contribution in [1.29, 1.82) is 0 Å². The fourth-order valence-electron chi connectivity index (χ4n) is 3.15. The van der Waals surface area contributed by atoms with E-state index in [1.54, 1.807) is 0 Å². The molecule has 4 nitrogen and oxygen atoms in total. The van der Waals surface area contributed by atoms with Gasteiger partial charge >= 0.3 is 18.5 Å². The van der Waals surface area contributed by atoms with Crippen LogP contribution in [0.4, 0.5) is 68.5 Å². The van der Waals surface area contributed by atoms with Crippen LogP contribution in [0.15, 0.2) is 30.3 Å². The molecule has 0 heterocycles. The highest BCUT2D eigenvalue weighted by atomic mass is 19.4. The van der Waals surface area contributed by atoms with E-state index in [1.165, 1.54) is 0 Å². The zero-order chi connectivity index (χ0) is 29.0. The minimum Gasteiger partial charge on any atom is -0.453 e. The Hall–Kier alpha value is -4.05. The average Bonchev–Trinajstić information content (AvgIpc) is 2.74. The number of ether oxygens (including phenoxy) is 2.